The second kappa shape index (κ2) is 6.55. The average Bonchev–Trinajstić information content (AvgIpc) is 2.46. The van der Waals surface area contributed by atoms with Gasteiger partial charge in [0.2, 0.25) is 5.91 Å². The molecule has 0 spiro atoms. The molecule has 1 amide bonds. The van der Waals surface area contributed by atoms with Crippen molar-refractivity contribution in [3.8, 4) is 0 Å². The molecule has 0 aliphatic carbocycles. The Kier molecular flexibility index (Phi) is 5.00. The van der Waals surface area contributed by atoms with E-state index in [1.54, 1.807) is 6.07 Å². The quantitative estimate of drug-likeness (QED) is 0.861. The van der Waals surface area contributed by atoms with E-state index in [2.05, 4.69) is 5.32 Å². The number of nitrogens with zero attached hydrogens (tertiary/aromatic N) is 1. The molecule has 0 unspecified atom stereocenters. The van der Waals surface area contributed by atoms with Crippen LogP contribution in [0.25, 0.3) is 0 Å². The van der Waals surface area contributed by atoms with E-state index in [-0.39, 0.29) is 30.0 Å². The van der Waals surface area contributed by atoms with Crippen LogP contribution in [0, 0.1) is 11.7 Å². The van der Waals surface area contributed by atoms with E-state index in [1.165, 1.54) is 11.6 Å². The van der Waals surface area contributed by atoms with Crippen molar-refractivity contribution in [1.82, 2.24) is 10.2 Å². The lowest BCUT2D eigenvalue weighted by Crippen LogP contribution is -2.43. The van der Waals surface area contributed by atoms with Gasteiger partial charge in [-0.15, -0.1) is 12.4 Å². The molecule has 1 fully saturated rings. The summed E-state index contributed by atoms with van der Waals surface area (Å²) in [6, 6.07) is 4.91. The van der Waals surface area contributed by atoms with Crippen LogP contribution in [0.2, 0.25) is 0 Å². The number of halogens is 2. The standard InChI is InChI=1S/C15H19FN2O.ClH/c16-14-2-1-11-5-8-18(10-13(11)9-14)15(19)12-3-6-17-7-4-12;/h1-2,9,12,17H,3-8,10H2;1H. The van der Waals surface area contributed by atoms with E-state index in [9.17, 15) is 9.18 Å². The van der Waals surface area contributed by atoms with Gasteiger partial charge in [-0.05, 0) is 55.6 Å². The van der Waals surface area contributed by atoms with Crippen LogP contribution in [0.1, 0.15) is 24.0 Å². The van der Waals surface area contributed by atoms with E-state index in [4.69, 9.17) is 0 Å². The molecular formula is C15H20ClFN2O. The van der Waals surface area contributed by atoms with Crippen LogP contribution in [0.5, 0.6) is 0 Å². The van der Waals surface area contributed by atoms with E-state index < -0.39 is 0 Å². The Balaban J connectivity index is 0.00000147. The molecule has 0 saturated carbocycles. The van der Waals surface area contributed by atoms with Gasteiger partial charge < -0.3 is 10.2 Å². The van der Waals surface area contributed by atoms with Gasteiger partial charge in [-0.25, -0.2) is 4.39 Å². The zero-order chi connectivity index (χ0) is 13.2. The molecule has 1 aromatic rings. The molecule has 0 radical (unpaired) electrons. The first-order chi connectivity index (χ1) is 9.24. The lowest BCUT2D eigenvalue weighted by Gasteiger charge is -2.33. The number of benzene rings is 1. The van der Waals surface area contributed by atoms with E-state index in [1.807, 2.05) is 11.0 Å². The predicted octanol–water partition coefficient (Wildman–Crippen LogP) is 2.13. The lowest BCUT2D eigenvalue weighted by molar-refractivity contribution is -0.137. The average molecular weight is 299 g/mol. The van der Waals surface area contributed by atoms with Gasteiger partial charge in [0.15, 0.2) is 0 Å². The monoisotopic (exact) mass is 298 g/mol. The molecule has 3 nitrogen and oxygen atoms in total. The van der Waals surface area contributed by atoms with Crippen molar-refractivity contribution in [2.24, 2.45) is 5.92 Å². The molecule has 0 aromatic heterocycles. The number of hydrogen-bond acceptors (Lipinski definition) is 2. The summed E-state index contributed by atoms with van der Waals surface area (Å²) in [7, 11) is 0. The molecule has 3 rings (SSSR count). The smallest absolute Gasteiger partial charge is 0.226 e. The number of hydrogen-bond donors (Lipinski definition) is 1. The highest BCUT2D eigenvalue weighted by Gasteiger charge is 2.28. The highest BCUT2D eigenvalue weighted by Crippen LogP contribution is 2.23. The number of fused-ring (bicyclic) bond motifs is 1. The van der Waals surface area contributed by atoms with Gasteiger partial charge in [0.05, 0.1) is 0 Å². The first-order valence-corrected chi connectivity index (χ1v) is 7.01. The Morgan fingerprint density at radius 3 is 2.75 bits per heavy atom. The van der Waals surface area contributed by atoms with Crippen LogP contribution >= 0.6 is 12.4 Å². The first kappa shape index (κ1) is 15.3. The van der Waals surface area contributed by atoms with Crippen molar-refractivity contribution in [3.63, 3.8) is 0 Å². The molecule has 5 heteroatoms. The fourth-order valence-corrected chi connectivity index (χ4v) is 3.04. The summed E-state index contributed by atoms with van der Waals surface area (Å²) in [6.45, 7) is 3.18. The van der Waals surface area contributed by atoms with Crippen molar-refractivity contribution < 1.29 is 9.18 Å². The largest absolute Gasteiger partial charge is 0.338 e. The van der Waals surface area contributed by atoms with Crippen molar-refractivity contribution in [2.75, 3.05) is 19.6 Å². The van der Waals surface area contributed by atoms with Gasteiger partial charge in [-0.1, -0.05) is 6.07 Å². The topological polar surface area (TPSA) is 32.3 Å². The highest BCUT2D eigenvalue weighted by atomic mass is 35.5. The summed E-state index contributed by atoms with van der Waals surface area (Å²) in [4.78, 5) is 14.4. The molecule has 110 valence electrons. The second-order valence-corrected chi connectivity index (χ2v) is 5.45. The van der Waals surface area contributed by atoms with Gasteiger partial charge in [-0.3, -0.25) is 4.79 Å². The Labute approximate surface area is 124 Å². The number of carbonyl (C=O) groups is 1. The van der Waals surface area contributed by atoms with Gasteiger partial charge in [0.25, 0.3) is 0 Å². The summed E-state index contributed by atoms with van der Waals surface area (Å²) >= 11 is 0. The summed E-state index contributed by atoms with van der Waals surface area (Å²) in [6.07, 6.45) is 2.68. The molecule has 2 aliphatic heterocycles. The van der Waals surface area contributed by atoms with Crippen LogP contribution in [-0.2, 0) is 17.8 Å². The maximum Gasteiger partial charge on any atom is 0.226 e. The lowest BCUT2D eigenvalue weighted by atomic mass is 9.94. The molecule has 20 heavy (non-hydrogen) atoms. The highest BCUT2D eigenvalue weighted by molar-refractivity contribution is 5.85. The molecule has 2 aliphatic rings. The SMILES string of the molecule is Cl.O=C(C1CCNCC1)N1CCc2ccc(F)cc2C1. The summed E-state index contributed by atoms with van der Waals surface area (Å²) in [5.41, 5.74) is 2.14. The van der Waals surface area contributed by atoms with Crippen LogP contribution < -0.4 is 5.32 Å². The third kappa shape index (κ3) is 3.13. The minimum absolute atomic E-state index is 0. The van der Waals surface area contributed by atoms with Crippen LogP contribution in [-0.4, -0.2) is 30.4 Å². The van der Waals surface area contributed by atoms with E-state index >= 15 is 0 Å². The van der Waals surface area contributed by atoms with Crippen LogP contribution in [0.3, 0.4) is 0 Å². The van der Waals surface area contributed by atoms with E-state index in [0.717, 1.165) is 44.5 Å². The van der Waals surface area contributed by atoms with Gasteiger partial charge in [0, 0.05) is 19.0 Å². The van der Waals surface area contributed by atoms with Gasteiger partial charge in [0.1, 0.15) is 5.82 Å². The Morgan fingerprint density at radius 2 is 2.00 bits per heavy atom. The number of rotatable bonds is 1. The first-order valence-electron chi connectivity index (χ1n) is 7.01. The van der Waals surface area contributed by atoms with Crippen molar-refractivity contribution in [2.45, 2.75) is 25.8 Å². The molecule has 1 aromatic carbocycles. The Hall–Kier alpha value is -1.13. The zero-order valence-corrected chi connectivity index (χ0v) is 12.2. The summed E-state index contributed by atoms with van der Waals surface area (Å²) < 4.78 is 13.3. The summed E-state index contributed by atoms with van der Waals surface area (Å²) in [5, 5.41) is 3.28. The molecule has 2 heterocycles. The second-order valence-electron chi connectivity index (χ2n) is 5.45. The molecule has 1 N–H and O–H groups in total. The minimum Gasteiger partial charge on any atom is -0.338 e. The van der Waals surface area contributed by atoms with Crippen molar-refractivity contribution in [1.29, 1.82) is 0 Å². The minimum atomic E-state index is -0.213. The van der Waals surface area contributed by atoms with E-state index in [0.29, 0.717) is 6.54 Å². The third-order valence-corrected chi connectivity index (χ3v) is 4.18. The maximum atomic E-state index is 13.3. The van der Waals surface area contributed by atoms with Gasteiger partial charge in [-0.2, -0.15) is 0 Å². The number of amides is 1. The molecule has 0 atom stereocenters. The normalized spacial score (nSPS) is 19.1. The molecular weight excluding hydrogens is 279 g/mol. The number of nitrogens with one attached hydrogen (secondary N) is 1. The van der Waals surface area contributed by atoms with Crippen LogP contribution in [0.15, 0.2) is 18.2 Å². The summed E-state index contributed by atoms with van der Waals surface area (Å²) in [5.74, 6) is 0.183. The third-order valence-electron chi connectivity index (χ3n) is 4.18. The van der Waals surface area contributed by atoms with Crippen LogP contribution in [0.4, 0.5) is 4.39 Å². The predicted molar refractivity (Wildman–Crippen MR) is 78.4 cm³/mol. The maximum absolute atomic E-state index is 13.3. The Bertz CT molecular complexity index is 489. The fraction of sp³-hybridized carbons (Fsp3) is 0.533. The van der Waals surface area contributed by atoms with Crippen molar-refractivity contribution in [3.05, 3.63) is 35.1 Å². The number of piperidine rings is 1. The molecule has 1 saturated heterocycles. The fourth-order valence-electron chi connectivity index (χ4n) is 3.04. The molecule has 0 bridgehead atoms. The zero-order valence-electron chi connectivity index (χ0n) is 11.4. The van der Waals surface area contributed by atoms with Gasteiger partial charge >= 0.3 is 0 Å². The number of carbonyl (C=O) groups excluding carboxylic acids is 1. The van der Waals surface area contributed by atoms with Crippen molar-refractivity contribution >= 4 is 18.3 Å². The Morgan fingerprint density at radius 1 is 1.25 bits per heavy atom.